The summed E-state index contributed by atoms with van der Waals surface area (Å²) < 4.78 is 73.5. The fourth-order valence-electron chi connectivity index (χ4n) is 2.50. The highest BCUT2D eigenvalue weighted by Crippen LogP contribution is 2.44. The van der Waals surface area contributed by atoms with Gasteiger partial charge in [0.1, 0.15) is 0 Å². The van der Waals surface area contributed by atoms with E-state index in [0.29, 0.717) is 0 Å². The molecule has 0 radical (unpaired) electrons. The van der Waals surface area contributed by atoms with Crippen LogP contribution in [0, 0.1) is 0 Å². The van der Waals surface area contributed by atoms with E-state index in [0.717, 1.165) is 32.0 Å². The second-order valence-corrected chi connectivity index (χ2v) is 6.90. The average molecular weight is 434 g/mol. The predicted octanol–water partition coefficient (Wildman–Crippen LogP) is 1.33. The molecule has 0 spiro atoms. The maximum atomic E-state index is 14.0. The molecule has 0 aliphatic rings. The van der Waals surface area contributed by atoms with Gasteiger partial charge in [-0.3, -0.25) is 9.68 Å². The second-order valence-electron chi connectivity index (χ2n) is 5.25. The molecule has 0 amide bonds. The Bertz CT molecular complexity index is 1110. The van der Waals surface area contributed by atoms with Crippen LogP contribution in [0.5, 0.6) is 5.88 Å². The van der Waals surface area contributed by atoms with Crippen LogP contribution in [-0.2, 0) is 25.9 Å². The summed E-state index contributed by atoms with van der Waals surface area (Å²) in [5, 5.41) is 3.91. The highest BCUT2D eigenvalue weighted by molar-refractivity contribution is 7.89. The van der Waals surface area contributed by atoms with Crippen molar-refractivity contribution in [2.24, 2.45) is 0 Å². The molecule has 15 heteroatoms. The summed E-state index contributed by atoms with van der Waals surface area (Å²) in [6, 6.07) is 1.49. The first-order chi connectivity index (χ1) is 13.6. The normalized spacial score (nSPS) is 12.7. The first-order valence-corrected chi connectivity index (χ1v) is 9.04. The summed E-state index contributed by atoms with van der Waals surface area (Å²) in [5.74, 6) is -1.25. The number of pyridine rings is 1. The van der Waals surface area contributed by atoms with Gasteiger partial charge in [0.05, 0.1) is 37.1 Å². The lowest BCUT2D eigenvalue weighted by Gasteiger charge is -2.21. The molecule has 0 saturated carbocycles. The number of rotatable bonds is 6. The van der Waals surface area contributed by atoms with E-state index < -0.39 is 43.9 Å². The van der Waals surface area contributed by atoms with Gasteiger partial charge in [0.15, 0.2) is 10.7 Å². The number of halogens is 3. The third-order valence-corrected chi connectivity index (χ3v) is 5.17. The Morgan fingerprint density at radius 3 is 2.38 bits per heavy atom. The predicted molar refractivity (Wildman–Crippen MR) is 88.6 cm³/mol. The van der Waals surface area contributed by atoms with E-state index in [2.05, 4.69) is 29.7 Å². The third kappa shape index (κ3) is 3.59. The Morgan fingerprint density at radius 2 is 1.83 bits per heavy atom. The van der Waals surface area contributed by atoms with Crippen molar-refractivity contribution in [1.82, 2.24) is 29.2 Å². The van der Waals surface area contributed by atoms with Gasteiger partial charge in [0.25, 0.3) is 15.8 Å². The average Bonchev–Trinajstić information content (AvgIpc) is 3.10. The van der Waals surface area contributed by atoms with Crippen LogP contribution in [0.1, 0.15) is 5.56 Å². The molecule has 0 N–H and O–H groups in total. The van der Waals surface area contributed by atoms with Crippen LogP contribution in [0.3, 0.4) is 0 Å². The standard InChI is InChI=1S/C14H13F3N6O5S/c1-26-12-10(29(24,25)23(27-2)28-3)9(14(15,16)17)8(7-19-12)11-20-13-18-5-4-6-22(13)21-11/h4-7H,1-3H3. The van der Waals surface area contributed by atoms with Crippen LogP contribution in [0.4, 0.5) is 13.2 Å². The van der Waals surface area contributed by atoms with Gasteiger partial charge in [-0.05, 0) is 6.07 Å². The number of sulfonamides is 1. The Balaban J connectivity index is 2.40. The van der Waals surface area contributed by atoms with E-state index in [9.17, 15) is 21.6 Å². The second kappa shape index (κ2) is 7.51. The molecule has 3 heterocycles. The number of hydrogen-bond donors (Lipinski definition) is 0. The van der Waals surface area contributed by atoms with Crippen LogP contribution in [0.25, 0.3) is 17.2 Å². The Labute approximate surface area is 161 Å². The highest BCUT2D eigenvalue weighted by atomic mass is 32.2. The lowest BCUT2D eigenvalue weighted by Crippen LogP contribution is -2.31. The zero-order chi connectivity index (χ0) is 21.4. The largest absolute Gasteiger partial charge is 0.480 e. The maximum Gasteiger partial charge on any atom is 0.418 e. The Hall–Kier alpha value is -2.88. The number of aromatic nitrogens is 5. The molecule has 156 valence electrons. The topological polar surface area (TPSA) is 121 Å². The molecule has 0 unspecified atom stereocenters. The quantitative estimate of drug-likeness (QED) is 0.529. The van der Waals surface area contributed by atoms with Gasteiger partial charge in [0.2, 0.25) is 5.88 Å². The number of fused-ring (bicyclic) bond motifs is 1. The van der Waals surface area contributed by atoms with Crippen molar-refractivity contribution in [3.05, 3.63) is 30.2 Å². The number of ether oxygens (including phenoxy) is 1. The summed E-state index contributed by atoms with van der Waals surface area (Å²) in [6.07, 6.45) is -1.61. The molecule has 0 fully saturated rings. The molecule has 0 atom stereocenters. The van der Waals surface area contributed by atoms with Crippen molar-refractivity contribution in [2.75, 3.05) is 21.3 Å². The van der Waals surface area contributed by atoms with E-state index in [-0.39, 0.29) is 10.4 Å². The van der Waals surface area contributed by atoms with Crippen molar-refractivity contribution in [3.8, 4) is 17.3 Å². The van der Waals surface area contributed by atoms with E-state index in [4.69, 9.17) is 4.74 Å². The Kier molecular flexibility index (Phi) is 5.40. The molecule has 11 nitrogen and oxygen atoms in total. The van der Waals surface area contributed by atoms with Crippen LogP contribution in [0.2, 0.25) is 0 Å². The van der Waals surface area contributed by atoms with Crippen molar-refractivity contribution < 1.29 is 36.0 Å². The van der Waals surface area contributed by atoms with Crippen LogP contribution >= 0.6 is 0 Å². The number of methoxy groups -OCH3 is 1. The maximum absolute atomic E-state index is 14.0. The van der Waals surface area contributed by atoms with Gasteiger partial charge >= 0.3 is 6.18 Å². The molecule has 3 aromatic heterocycles. The molecule has 0 aliphatic carbocycles. The SMILES string of the molecule is COc1ncc(-c2nc3ncccn3n2)c(C(F)(F)F)c1S(=O)(=O)N(OC)OC. The van der Waals surface area contributed by atoms with E-state index in [1.165, 1.54) is 18.5 Å². The molecule has 3 rings (SSSR count). The highest BCUT2D eigenvalue weighted by Gasteiger charge is 2.46. The molecule has 3 aromatic rings. The van der Waals surface area contributed by atoms with Crippen LogP contribution < -0.4 is 4.74 Å². The lowest BCUT2D eigenvalue weighted by atomic mass is 10.1. The van der Waals surface area contributed by atoms with Crippen molar-refractivity contribution >= 4 is 15.8 Å². The van der Waals surface area contributed by atoms with E-state index in [1.54, 1.807) is 0 Å². The number of nitrogens with zero attached hydrogens (tertiary/aromatic N) is 6. The molecule has 29 heavy (non-hydrogen) atoms. The monoisotopic (exact) mass is 434 g/mol. The minimum Gasteiger partial charge on any atom is -0.480 e. The molecular weight excluding hydrogens is 421 g/mol. The van der Waals surface area contributed by atoms with Crippen LogP contribution in [0.15, 0.2) is 29.6 Å². The van der Waals surface area contributed by atoms with Crippen LogP contribution in [-0.4, -0.2) is 58.9 Å². The minimum atomic E-state index is -5.16. The first kappa shape index (κ1) is 20.8. The van der Waals surface area contributed by atoms with Gasteiger partial charge in [-0.15, -0.1) is 5.10 Å². The molecule has 0 bridgehead atoms. The molecular formula is C14H13F3N6O5S. The lowest BCUT2D eigenvalue weighted by molar-refractivity contribution is -0.270. The number of hydrogen-bond acceptors (Lipinski definition) is 9. The summed E-state index contributed by atoms with van der Waals surface area (Å²) in [5.41, 5.74) is -2.30. The zero-order valence-corrected chi connectivity index (χ0v) is 15.9. The van der Waals surface area contributed by atoms with Gasteiger partial charge in [0, 0.05) is 18.6 Å². The minimum absolute atomic E-state index is 0.00580. The fraction of sp³-hybridized carbons (Fsp3) is 0.286. The summed E-state index contributed by atoms with van der Waals surface area (Å²) >= 11 is 0. The summed E-state index contributed by atoms with van der Waals surface area (Å²) in [4.78, 5) is 19.2. The molecule has 0 aromatic carbocycles. The number of alkyl halides is 3. The van der Waals surface area contributed by atoms with Gasteiger partial charge in [-0.25, -0.2) is 22.9 Å². The smallest absolute Gasteiger partial charge is 0.418 e. The first-order valence-electron chi connectivity index (χ1n) is 7.60. The summed E-state index contributed by atoms with van der Waals surface area (Å²) in [6.45, 7) is 0. The Morgan fingerprint density at radius 1 is 1.14 bits per heavy atom. The van der Waals surface area contributed by atoms with Gasteiger partial charge in [-0.1, -0.05) is 0 Å². The molecule has 0 saturated heterocycles. The van der Waals surface area contributed by atoms with Gasteiger partial charge < -0.3 is 4.74 Å². The summed E-state index contributed by atoms with van der Waals surface area (Å²) in [7, 11) is -2.25. The molecule has 0 aliphatic heterocycles. The fourth-order valence-corrected chi connectivity index (χ4v) is 3.89. The van der Waals surface area contributed by atoms with Crippen molar-refractivity contribution in [1.29, 1.82) is 0 Å². The third-order valence-electron chi connectivity index (χ3n) is 3.59. The van der Waals surface area contributed by atoms with E-state index >= 15 is 0 Å². The van der Waals surface area contributed by atoms with E-state index in [1.807, 2.05) is 0 Å². The van der Waals surface area contributed by atoms with Crippen molar-refractivity contribution in [3.63, 3.8) is 0 Å². The van der Waals surface area contributed by atoms with Gasteiger partial charge in [-0.2, -0.15) is 18.2 Å². The van der Waals surface area contributed by atoms with Crippen molar-refractivity contribution in [2.45, 2.75) is 11.1 Å². The zero-order valence-electron chi connectivity index (χ0n) is 15.1.